The van der Waals surface area contributed by atoms with Crippen LogP contribution in [0.15, 0.2) is 0 Å². The van der Waals surface area contributed by atoms with Gasteiger partial charge in [0.1, 0.15) is 0 Å². The van der Waals surface area contributed by atoms with Gasteiger partial charge in [0.25, 0.3) is 0 Å². The molecular formula is C13H22N4O4. The summed E-state index contributed by atoms with van der Waals surface area (Å²) >= 11 is 0. The van der Waals surface area contributed by atoms with Gasteiger partial charge in [-0.2, -0.15) is 0 Å². The molecule has 2 bridgehead atoms. The molecule has 8 heteroatoms. The molecule has 118 valence electrons. The molecule has 2 saturated heterocycles. The lowest BCUT2D eigenvalue weighted by Crippen LogP contribution is -2.47. The van der Waals surface area contributed by atoms with Crippen molar-refractivity contribution in [3.8, 4) is 0 Å². The van der Waals surface area contributed by atoms with Gasteiger partial charge in [-0.1, -0.05) is 0 Å². The molecule has 3 N–H and O–H groups in total. The molecule has 2 rings (SSSR count). The van der Waals surface area contributed by atoms with Crippen molar-refractivity contribution >= 4 is 18.0 Å². The third-order valence-corrected chi connectivity index (χ3v) is 4.17. The number of urea groups is 2. The lowest BCUT2D eigenvalue weighted by molar-refractivity contribution is -0.142. The van der Waals surface area contributed by atoms with E-state index >= 15 is 0 Å². The molecule has 2 aliphatic rings. The van der Waals surface area contributed by atoms with Crippen LogP contribution < -0.4 is 10.6 Å². The van der Waals surface area contributed by atoms with Gasteiger partial charge in [-0.15, -0.1) is 0 Å². The van der Waals surface area contributed by atoms with Crippen molar-refractivity contribution in [2.24, 2.45) is 5.92 Å². The Bertz CT molecular complexity index is 440. The lowest BCUT2D eigenvalue weighted by atomic mass is 9.89. The molecule has 0 aromatic carbocycles. The zero-order valence-electron chi connectivity index (χ0n) is 12.3. The number of carboxylic acids is 1. The van der Waals surface area contributed by atoms with Crippen LogP contribution in [0.5, 0.6) is 0 Å². The number of amides is 4. The predicted octanol–water partition coefficient (Wildman–Crippen LogP) is -0.0953. The van der Waals surface area contributed by atoms with Gasteiger partial charge in [0.2, 0.25) is 0 Å². The summed E-state index contributed by atoms with van der Waals surface area (Å²) in [4.78, 5) is 37.7. The zero-order valence-corrected chi connectivity index (χ0v) is 12.3. The van der Waals surface area contributed by atoms with Gasteiger partial charge < -0.3 is 25.5 Å². The normalized spacial score (nSPS) is 26.6. The summed E-state index contributed by atoms with van der Waals surface area (Å²) in [5.74, 6) is -1.26. The van der Waals surface area contributed by atoms with E-state index in [1.54, 1.807) is 19.0 Å². The Morgan fingerprint density at radius 2 is 1.86 bits per heavy atom. The van der Waals surface area contributed by atoms with Crippen LogP contribution in [0.2, 0.25) is 0 Å². The van der Waals surface area contributed by atoms with Crippen molar-refractivity contribution in [3.05, 3.63) is 0 Å². The lowest BCUT2D eigenvalue weighted by Gasteiger charge is -2.23. The van der Waals surface area contributed by atoms with Gasteiger partial charge in [0.15, 0.2) is 0 Å². The van der Waals surface area contributed by atoms with Gasteiger partial charge in [-0.3, -0.25) is 4.79 Å². The Balaban J connectivity index is 1.77. The molecule has 0 saturated carbocycles. The fourth-order valence-corrected chi connectivity index (χ4v) is 3.16. The second-order valence-electron chi connectivity index (χ2n) is 5.74. The molecule has 3 unspecified atom stereocenters. The van der Waals surface area contributed by atoms with E-state index in [4.69, 9.17) is 5.11 Å². The highest BCUT2D eigenvalue weighted by Crippen LogP contribution is 2.41. The van der Waals surface area contributed by atoms with Crippen molar-refractivity contribution < 1.29 is 19.5 Å². The Kier molecular flexibility index (Phi) is 4.54. The molecule has 2 fully saturated rings. The smallest absolute Gasteiger partial charge is 0.317 e. The first-order chi connectivity index (χ1) is 9.91. The zero-order chi connectivity index (χ0) is 15.6. The van der Waals surface area contributed by atoms with Crippen LogP contribution in [0, 0.1) is 5.92 Å². The average molecular weight is 298 g/mol. The van der Waals surface area contributed by atoms with Gasteiger partial charge in [-0.05, 0) is 19.3 Å². The maximum atomic E-state index is 12.2. The molecular weight excluding hydrogens is 276 g/mol. The van der Waals surface area contributed by atoms with Crippen LogP contribution in [0.25, 0.3) is 0 Å². The maximum absolute atomic E-state index is 12.2. The standard InChI is InChI=1S/C13H22N4O4/c1-16(2)12(20)14-5-6-15-13(21)17-8-3-4-10(17)9(7-8)11(18)19/h8-10H,3-7H2,1-2H3,(H,14,20)(H,15,21)(H,18,19). The number of fused-ring (bicyclic) bond motifs is 2. The summed E-state index contributed by atoms with van der Waals surface area (Å²) in [6, 6.07) is -0.599. The van der Waals surface area contributed by atoms with Crippen molar-refractivity contribution in [2.75, 3.05) is 27.2 Å². The number of hydrogen-bond donors (Lipinski definition) is 3. The van der Waals surface area contributed by atoms with E-state index < -0.39 is 11.9 Å². The van der Waals surface area contributed by atoms with E-state index in [0.29, 0.717) is 19.5 Å². The van der Waals surface area contributed by atoms with E-state index in [-0.39, 0.29) is 24.1 Å². The van der Waals surface area contributed by atoms with Gasteiger partial charge >= 0.3 is 18.0 Å². The van der Waals surface area contributed by atoms with Crippen LogP contribution in [0.1, 0.15) is 19.3 Å². The maximum Gasteiger partial charge on any atom is 0.317 e. The van der Waals surface area contributed by atoms with Gasteiger partial charge in [0, 0.05) is 39.3 Å². The van der Waals surface area contributed by atoms with Gasteiger partial charge in [-0.25, -0.2) is 9.59 Å². The SMILES string of the molecule is CN(C)C(=O)NCCNC(=O)N1C2CCC1C(C(=O)O)C2. The fraction of sp³-hybridized carbons (Fsp3) is 0.769. The summed E-state index contributed by atoms with van der Waals surface area (Å²) in [6.45, 7) is 0.667. The second kappa shape index (κ2) is 6.19. The second-order valence-corrected chi connectivity index (χ2v) is 5.74. The quantitative estimate of drug-likeness (QED) is 0.631. The molecule has 8 nitrogen and oxygen atoms in total. The molecule has 0 radical (unpaired) electrons. The number of carbonyl (C=O) groups is 3. The highest BCUT2D eigenvalue weighted by Gasteiger charge is 2.51. The minimum atomic E-state index is -0.821. The summed E-state index contributed by atoms with van der Waals surface area (Å²) in [7, 11) is 3.28. The van der Waals surface area contributed by atoms with Crippen molar-refractivity contribution in [1.82, 2.24) is 20.4 Å². The number of hydrogen-bond acceptors (Lipinski definition) is 3. The minimum absolute atomic E-state index is 0.0347. The summed E-state index contributed by atoms with van der Waals surface area (Å²) in [6.07, 6.45) is 2.18. The molecule has 0 aromatic heterocycles. The summed E-state index contributed by atoms with van der Waals surface area (Å²) in [5.41, 5.74) is 0. The molecule has 0 spiro atoms. The largest absolute Gasteiger partial charge is 0.481 e. The fourth-order valence-electron chi connectivity index (χ4n) is 3.16. The molecule has 4 amide bonds. The summed E-state index contributed by atoms with van der Waals surface area (Å²) in [5, 5.41) is 14.5. The number of nitrogens with zero attached hydrogens (tertiary/aromatic N) is 2. The number of carboxylic acid groups (broad SMARTS) is 1. The average Bonchev–Trinajstić information content (AvgIpc) is 3.00. The Morgan fingerprint density at radius 3 is 2.43 bits per heavy atom. The number of nitrogens with one attached hydrogen (secondary N) is 2. The van der Waals surface area contributed by atoms with E-state index in [2.05, 4.69) is 10.6 Å². The number of carbonyl (C=O) groups excluding carboxylic acids is 2. The van der Waals surface area contributed by atoms with Crippen LogP contribution >= 0.6 is 0 Å². The molecule has 3 atom stereocenters. The van der Waals surface area contributed by atoms with E-state index in [9.17, 15) is 14.4 Å². The molecule has 0 aromatic rings. The number of rotatable bonds is 4. The first-order valence-corrected chi connectivity index (χ1v) is 7.16. The van der Waals surface area contributed by atoms with Crippen LogP contribution in [-0.2, 0) is 4.79 Å². The Labute approximate surface area is 123 Å². The first-order valence-electron chi connectivity index (χ1n) is 7.16. The summed E-state index contributed by atoms with van der Waals surface area (Å²) < 4.78 is 0. The highest BCUT2D eigenvalue weighted by molar-refractivity contribution is 5.79. The Morgan fingerprint density at radius 1 is 1.19 bits per heavy atom. The molecule has 0 aliphatic carbocycles. The topological polar surface area (TPSA) is 102 Å². The first kappa shape index (κ1) is 15.4. The van der Waals surface area contributed by atoms with Gasteiger partial charge in [0.05, 0.1) is 5.92 Å². The molecule has 2 heterocycles. The monoisotopic (exact) mass is 298 g/mol. The predicted molar refractivity (Wildman–Crippen MR) is 74.9 cm³/mol. The molecule has 21 heavy (non-hydrogen) atoms. The van der Waals surface area contributed by atoms with Crippen LogP contribution in [-0.4, -0.2) is 72.2 Å². The van der Waals surface area contributed by atoms with E-state index in [1.807, 2.05) is 0 Å². The van der Waals surface area contributed by atoms with Crippen LogP contribution in [0.4, 0.5) is 9.59 Å². The third kappa shape index (κ3) is 3.20. The van der Waals surface area contributed by atoms with Crippen molar-refractivity contribution in [2.45, 2.75) is 31.3 Å². The van der Waals surface area contributed by atoms with E-state index in [0.717, 1.165) is 12.8 Å². The van der Waals surface area contributed by atoms with Crippen LogP contribution in [0.3, 0.4) is 0 Å². The highest BCUT2D eigenvalue weighted by atomic mass is 16.4. The number of aliphatic carboxylic acids is 1. The van der Waals surface area contributed by atoms with Crippen molar-refractivity contribution in [3.63, 3.8) is 0 Å². The molecule has 2 aliphatic heterocycles. The van der Waals surface area contributed by atoms with E-state index in [1.165, 1.54) is 4.90 Å². The van der Waals surface area contributed by atoms with Crippen molar-refractivity contribution in [1.29, 1.82) is 0 Å². The minimum Gasteiger partial charge on any atom is -0.481 e. The Hall–Kier alpha value is -1.99. The third-order valence-electron chi connectivity index (χ3n) is 4.17.